The van der Waals surface area contributed by atoms with Crippen LogP contribution in [0.25, 0.3) is 0 Å². The summed E-state index contributed by atoms with van der Waals surface area (Å²) >= 11 is 6.03. The van der Waals surface area contributed by atoms with Crippen LogP contribution in [-0.4, -0.2) is 23.8 Å². The number of sulfonamides is 1. The lowest BCUT2D eigenvalue weighted by molar-refractivity contribution is -0.133. The van der Waals surface area contributed by atoms with Crippen LogP contribution in [0.5, 0.6) is 0 Å². The van der Waals surface area contributed by atoms with E-state index < -0.39 is 33.9 Å². The fourth-order valence-corrected chi connectivity index (χ4v) is 5.98. The minimum atomic E-state index is -4.24. The Hall–Kier alpha value is -3.00. The summed E-state index contributed by atoms with van der Waals surface area (Å²) in [5.41, 5.74) is 1.28. The number of aliphatic carboxylic acids is 1. The van der Waals surface area contributed by atoms with Crippen LogP contribution < -0.4 is 0 Å². The Kier molecular flexibility index (Phi) is 6.38. The number of nitrogens with zero attached hydrogens (tertiary/aromatic N) is 1. The van der Waals surface area contributed by atoms with Gasteiger partial charge in [0.05, 0.1) is 22.6 Å². The monoisotopic (exact) mass is 485 g/mol. The zero-order valence-electron chi connectivity index (χ0n) is 17.7. The SMILES string of the molecule is Cc1ccc(S(=O)(=O)N2[C@@H](c3ccccc3F)C(C(=O)O)=CC[C@H]2c2ccc(Cl)cc2)cc1. The number of carboxylic acids is 1. The van der Waals surface area contributed by atoms with Crippen molar-refractivity contribution in [3.8, 4) is 0 Å². The van der Waals surface area contributed by atoms with Gasteiger partial charge in [-0.15, -0.1) is 0 Å². The van der Waals surface area contributed by atoms with E-state index in [0.29, 0.717) is 10.6 Å². The Morgan fingerprint density at radius 3 is 2.27 bits per heavy atom. The van der Waals surface area contributed by atoms with Gasteiger partial charge in [-0.1, -0.05) is 65.7 Å². The standard InChI is InChI=1S/C25H21ClFNO4S/c1-16-6-12-19(13-7-16)33(31,32)28-23(17-8-10-18(26)11-9-17)15-14-21(25(29)30)24(28)20-4-2-3-5-22(20)27/h2-14,23-24H,15H2,1H3,(H,29,30)/t23-,24-/m0/s1. The van der Waals surface area contributed by atoms with E-state index >= 15 is 0 Å². The number of benzene rings is 3. The predicted octanol–water partition coefficient (Wildman–Crippen LogP) is 5.68. The zero-order valence-corrected chi connectivity index (χ0v) is 19.2. The van der Waals surface area contributed by atoms with Crippen molar-refractivity contribution < 1.29 is 22.7 Å². The molecule has 0 aliphatic carbocycles. The van der Waals surface area contributed by atoms with Gasteiger partial charge in [0.1, 0.15) is 5.82 Å². The lowest BCUT2D eigenvalue weighted by atomic mass is 9.89. The molecule has 0 spiro atoms. The lowest BCUT2D eigenvalue weighted by Gasteiger charge is -2.40. The van der Waals surface area contributed by atoms with Crippen LogP contribution in [0.4, 0.5) is 4.39 Å². The first-order valence-corrected chi connectivity index (χ1v) is 12.1. The maximum absolute atomic E-state index is 15.0. The fourth-order valence-electron chi connectivity index (χ4n) is 4.08. The van der Waals surface area contributed by atoms with Crippen LogP contribution in [0, 0.1) is 12.7 Å². The van der Waals surface area contributed by atoms with Gasteiger partial charge in [0.2, 0.25) is 10.0 Å². The third-order valence-corrected chi connectivity index (χ3v) is 7.86. The summed E-state index contributed by atoms with van der Waals surface area (Å²) in [7, 11) is -4.24. The van der Waals surface area contributed by atoms with E-state index in [2.05, 4.69) is 0 Å². The molecule has 4 rings (SSSR count). The number of halogens is 2. The highest BCUT2D eigenvalue weighted by atomic mass is 35.5. The number of carboxylic acid groups (broad SMARTS) is 1. The van der Waals surface area contributed by atoms with E-state index in [-0.39, 0.29) is 22.5 Å². The molecule has 0 radical (unpaired) electrons. The van der Waals surface area contributed by atoms with Crippen LogP contribution in [-0.2, 0) is 14.8 Å². The molecule has 170 valence electrons. The van der Waals surface area contributed by atoms with Gasteiger partial charge in [-0.05, 0) is 49.2 Å². The summed E-state index contributed by atoms with van der Waals surface area (Å²) in [4.78, 5) is 12.2. The molecule has 1 N–H and O–H groups in total. The van der Waals surface area contributed by atoms with E-state index in [0.717, 1.165) is 9.87 Å². The van der Waals surface area contributed by atoms with Crippen LogP contribution in [0.1, 0.15) is 35.2 Å². The summed E-state index contributed by atoms with van der Waals surface area (Å²) in [6.45, 7) is 1.83. The molecular formula is C25H21ClFNO4S. The maximum Gasteiger partial charge on any atom is 0.333 e. The van der Waals surface area contributed by atoms with Gasteiger partial charge in [-0.3, -0.25) is 0 Å². The van der Waals surface area contributed by atoms with Gasteiger partial charge in [0.25, 0.3) is 0 Å². The van der Waals surface area contributed by atoms with Crippen molar-refractivity contribution in [3.05, 3.63) is 112 Å². The molecule has 33 heavy (non-hydrogen) atoms. The van der Waals surface area contributed by atoms with Crippen molar-refractivity contribution in [2.75, 3.05) is 0 Å². The second-order valence-electron chi connectivity index (χ2n) is 7.84. The molecule has 2 atom stereocenters. The molecule has 0 unspecified atom stereocenters. The average molecular weight is 486 g/mol. The first-order valence-electron chi connectivity index (χ1n) is 10.2. The Labute approximate surface area is 196 Å². The third-order valence-electron chi connectivity index (χ3n) is 5.72. The highest BCUT2D eigenvalue weighted by Crippen LogP contribution is 2.46. The first-order chi connectivity index (χ1) is 15.7. The molecule has 8 heteroatoms. The highest BCUT2D eigenvalue weighted by Gasteiger charge is 2.45. The van der Waals surface area contributed by atoms with E-state index in [1.807, 2.05) is 6.92 Å². The molecule has 3 aromatic rings. The largest absolute Gasteiger partial charge is 0.478 e. The molecule has 0 saturated carbocycles. The predicted molar refractivity (Wildman–Crippen MR) is 124 cm³/mol. The van der Waals surface area contributed by atoms with E-state index in [1.165, 1.54) is 36.4 Å². The average Bonchev–Trinajstić information content (AvgIpc) is 2.79. The lowest BCUT2D eigenvalue weighted by Crippen LogP contribution is -2.42. The molecule has 0 aromatic heterocycles. The molecule has 1 aliphatic rings. The first kappa shape index (κ1) is 23.2. The van der Waals surface area contributed by atoms with E-state index in [1.54, 1.807) is 42.5 Å². The van der Waals surface area contributed by atoms with Crippen LogP contribution in [0.15, 0.2) is 89.3 Å². The van der Waals surface area contributed by atoms with Gasteiger partial charge >= 0.3 is 5.97 Å². The molecular weight excluding hydrogens is 465 g/mol. The second kappa shape index (κ2) is 9.09. The maximum atomic E-state index is 15.0. The highest BCUT2D eigenvalue weighted by molar-refractivity contribution is 7.89. The van der Waals surface area contributed by atoms with Gasteiger partial charge in [-0.2, -0.15) is 4.31 Å². The zero-order chi connectivity index (χ0) is 23.8. The summed E-state index contributed by atoms with van der Waals surface area (Å²) in [5, 5.41) is 10.4. The van der Waals surface area contributed by atoms with Crippen molar-refractivity contribution in [1.29, 1.82) is 0 Å². The molecule has 0 saturated heterocycles. The Balaban J connectivity index is 1.99. The van der Waals surface area contributed by atoms with Crippen LogP contribution in [0.2, 0.25) is 5.02 Å². The van der Waals surface area contributed by atoms with Gasteiger partial charge < -0.3 is 5.11 Å². The fraction of sp³-hybridized carbons (Fsp3) is 0.160. The van der Waals surface area contributed by atoms with E-state index in [4.69, 9.17) is 11.6 Å². The Morgan fingerprint density at radius 2 is 1.67 bits per heavy atom. The van der Waals surface area contributed by atoms with Crippen molar-refractivity contribution >= 4 is 27.6 Å². The summed E-state index contributed by atoms with van der Waals surface area (Å²) in [6.07, 6.45) is 1.58. The third kappa shape index (κ3) is 4.44. The Bertz CT molecular complexity index is 1320. The number of aryl methyl sites for hydroxylation is 1. The normalized spacial score (nSPS) is 19.2. The smallest absolute Gasteiger partial charge is 0.333 e. The molecule has 0 amide bonds. The van der Waals surface area contributed by atoms with Crippen LogP contribution in [0.3, 0.4) is 0 Å². The topological polar surface area (TPSA) is 74.7 Å². The quantitative estimate of drug-likeness (QED) is 0.505. The Morgan fingerprint density at radius 1 is 1.03 bits per heavy atom. The molecule has 0 fully saturated rings. The van der Waals surface area contributed by atoms with Crippen molar-refractivity contribution in [1.82, 2.24) is 4.31 Å². The van der Waals surface area contributed by atoms with Gasteiger partial charge in [-0.25, -0.2) is 17.6 Å². The summed E-state index contributed by atoms with van der Waals surface area (Å²) in [6, 6.07) is 16.5. The minimum Gasteiger partial charge on any atom is -0.478 e. The molecule has 0 bridgehead atoms. The second-order valence-corrected chi connectivity index (χ2v) is 10.1. The van der Waals surface area contributed by atoms with Crippen molar-refractivity contribution in [2.24, 2.45) is 0 Å². The van der Waals surface area contributed by atoms with Gasteiger partial charge in [0, 0.05) is 10.6 Å². The molecule has 1 heterocycles. The number of carbonyl (C=O) groups is 1. The number of rotatable bonds is 5. The summed E-state index contributed by atoms with van der Waals surface area (Å²) < 4.78 is 44.0. The summed E-state index contributed by atoms with van der Waals surface area (Å²) in [5.74, 6) is -1.99. The number of hydrogen-bond donors (Lipinski definition) is 1. The van der Waals surface area contributed by atoms with Crippen molar-refractivity contribution in [3.63, 3.8) is 0 Å². The minimum absolute atomic E-state index is 0.0000385. The van der Waals surface area contributed by atoms with Gasteiger partial charge in [0.15, 0.2) is 0 Å². The van der Waals surface area contributed by atoms with Crippen molar-refractivity contribution in [2.45, 2.75) is 30.3 Å². The molecule has 1 aliphatic heterocycles. The van der Waals surface area contributed by atoms with E-state index in [9.17, 15) is 22.7 Å². The van der Waals surface area contributed by atoms with Crippen LogP contribution >= 0.6 is 11.6 Å². The molecule has 5 nitrogen and oxygen atoms in total. The number of hydrogen-bond acceptors (Lipinski definition) is 3. The molecule has 3 aromatic carbocycles.